The average Bonchev–Trinajstić information content (AvgIpc) is 3.24. The summed E-state index contributed by atoms with van der Waals surface area (Å²) in [6.07, 6.45) is -1.19. The van der Waals surface area contributed by atoms with Gasteiger partial charge >= 0.3 is 0 Å². The van der Waals surface area contributed by atoms with Crippen LogP contribution in [0.1, 0.15) is 11.8 Å². The van der Waals surface area contributed by atoms with Crippen LogP contribution in [0, 0.1) is 0 Å². The van der Waals surface area contributed by atoms with Gasteiger partial charge in [0.2, 0.25) is 0 Å². The van der Waals surface area contributed by atoms with Crippen LogP contribution in [0.2, 0.25) is 0 Å². The van der Waals surface area contributed by atoms with Crippen LogP contribution in [0.15, 0.2) is 43.0 Å². The maximum atomic E-state index is 10.3. The van der Waals surface area contributed by atoms with Crippen LogP contribution in [0.4, 0.5) is 5.82 Å². The summed E-state index contributed by atoms with van der Waals surface area (Å²) >= 11 is 0. The first-order valence-electron chi connectivity index (χ1n) is 8.65. The number of aromatic nitrogens is 4. The van der Waals surface area contributed by atoms with Crippen molar-refractivity contribution in [3.05, 3.63) is 48.5 Å². The molecule has 4 rings (SSSR count). The van der Waals surface area contributed by atoms with Crippen molar-refractivity contribution in [3.8, 4) is 0 Å². The Bertz CT molecular complexity index is 919. The van der Waals surface area contributed by atoms with Crippen LogP contribution in [0.5, 0.6) is 0 Å². The van der Waals surface area contributed by atoms with E-state index in [-0.39, 0.29) is 6.61 Å². The Kier molecular flexibility index (Phi) is 4.75. The number of fused-ring (bicyclic) bond motifs is 1. The zero-order valence-corrected chi connectivity index (χ0v) is 14.8. The number of benzene rings is 1. The molecule has 3 N–H and O–H groups in total. The minimum absolute atomic E-state index is 0.387. The zero-order valence-electron chi connectivity index (χ0n) is 14.8. The third-order valence-electron chi connectivity index (χ3n) is 4.75. The Morgan fingerprint density at radius 2 is 1.89 bits per heavy atom. The van der Waals surface area contributed by atoms with Gasteiger partial charge < -0.3 is 25.0 Å². The fraction of sp³-hybridized carbons (Fsp3) is 0.389. The topological polar surface area (TPSA) is 117 Å². The quantitative estimate of drug-likeness (QED) is 0.577. The molecular weight excluding hydrogens is 350 g/mol. The number of aliphatic hydroxyl groups excluding tert-OH is 3. The smallest absolute Gasteiger partial charge is 0.167 e. The highest BCUT2D eigenvalue weighted by Gasteiger charge is 2.44. The highest BCUT2D eigenvalue weighted by molar-refractivity contribution is 5.83. The van der Waals surface area contributed by atoms with Crippen LogP contribution in [0.25, 0.3) is 11.2 Å². The Labute approximate surface area is 155 Å². The number of nitrogens with zero attached hydrogens (tertiary/aromatic N) is 5. The van der Waals surface area contributed by atoms with Gasteiger partial charge in [0.1, 0.15) is 24.6 Å². The zero-order chi connectivity index (χ0) is 19.0. The molecule has 1 saturated heterocycles. The van der Waals surface area contributed by atoms with E-state index in [0.29, 0.717) is 23.5 Å². The lowest BCUT2D eigenvalue weighted by Gasteiger charge is -2.19. The molecule has 1 fully saturated rings. The summed E-state index contributed by atoms with van der Waals surface area (Å²) in [7, 11) is 1.92. The highest BCUT2D eigenvalue weighted by Crippen LogP contribution is 2.32. The average molecular weight is 371 g/mol. The summed E-state index contributed by atoms with van der Waals surface area (Å²) in [6, 6.07) is 10.00. The Morgan fingerprint density at radius 1 is 1.11 bits per heavy atom. The van der Waals surface area contributed by atoms with E-state index >= 15 is 0 Å². The Morgan fingerprint density at radius 3 is 2.59 bits per heavy atom. The van der Waals surface area contributed by atoms with Crippen molar-refractivity contribution in [2.75, 3.05) is 18.6 Å². The van der Waals surface area contributed by atoms with Crippen molar-refractivity contribution in [1.29, 1.82) is 0 Å². The summed E-state index contributed by atoms with van der Waals surface area (Å²) in [5, 5.41) is 29.6. The molecule has 27 heavy (non-hydrogen) atoms. The molecule has 0 saturated carbocycles. The van der Waals surface area contributed by atoms with Crippen molar-refractivity contribution in [2.24, 2.45) is 0 Å². The van der Waals surface area contributed by atoms with Gasteiger partial charge in [0.25, 0.3) is 0 Å². The normalized spacial score (nSPS) is 25.2. The molecule has 0 amide bonds. The number of ether oxygens (including phenoxy) is 1. The lowest BCUT2D eigenvalue weighted by atomic mass is 10.1. The third kappa shape index (κ3) is 3.15. The summed E-state index contributed by atoms with van der Waals surface area (Å²) in [5.41, 5.74) is 2.18. The van der Waals surface area contributed by atoms with Crippen molar-refractivity contribution in [3.63, 3.8) is 0 Å². The molecule has 0 bridgehead atoms. The van der Waals surface area contributed by atoms with E-state index in [0.717, 1.165) is 5.56 Å². The summed E-state index contributed by atoms with van der Waals surface area (Å²) in [4.78, 5) is 15.0. The van der Waals surface area contributed by atoms with Gasteiger partial charge in [0.15, 0.2) is 23.2 Å². The van der Waals surface area contributed by atoms with Crippen LogP contribution < -0.4 is 4.90 Å². The largest absolute Gasteiger partial charge is 0.394 e. The SMILES string of the molecule is CN(Cc1ccccc1)c1ncnc2c1ncn2[C@@H]1O[C@H](CO)C(O)C1O. The van der Waals surface area contributed by atoms with Crippen molar-refractivity contribution < 1.29 is 20.1 Å². The fourth-order valence-corrected chi connectivity index (χ4v) is 3.35. The number of hydrogen-bond acceptors (Lipinski definition) is 8. The van der Waals surface area contributed by atoms with Gasteiger partial charge in [-0.2, -0.15) is 0 Å². The molecule has 1 aliphatic heterocycles. The number of imidazole rings is 1. The summed E-state index contributed by atoms with van der Waals surface area (Å²) in [5.74, 6) is 0.648. The lowest BCUT2D eigenvalue weighted by Crippen LogP contribution is -2.33. The van der Waals surface area contributed by atoms with E-state index in [9.17, 15) is 15.3 Å². The van der Waals surface area contributed by atoms with Gasteiger partial charge in [-0.1, -0.05) is 30.3 Å². The monoisotopic (exact) mass is 371 g/mol. The number of rotatable bonds is 5. The second-order valence-electron chi connectivity index (χ2n) is 6.59. The van der Waals surface area contributed by atoms with Gasteiger partial charge in [0.05, 0.1) is 12.9 Å². The van der Waals surface area contributed by atoms with Crippen LogP contribution in [-0.2, 0) is 11.3 Å². The maximum absolute atomic E-state index is 10.3. The molecule has 2 unspecified atom stereocenters. The van der Waals surface area contributed by atoms with E-state index in [1.165, 1.54) is 12.7 Å². The first kappa shape index (κ1) is 17.8. The van der Waals surface area contributed by atoms with Crippen molar-refractivity contribution >= 4 is 17.0 Å². The van der Waals surface area contributed by atoms with Gasteiger partial charge in [-0.3, -0.25) is 4.57 Å². The molecule has 0 spiro atoms. The second-order valence-corrected chi connectivity index (χ2v) is 6.59. The van der Waals surface area contributed by atoms with E-state index in [1.807, 2.05) is 42.3 Å². The van der Waals surface area contributed by atoms with Gasteiger partial charge in [-0.05, 0) is 5.56 Å². The van der Waals surface area contributed by atoms with E-state index in [1.54, 1.807) is 4.57 Å². The predicted molar refractivity (Wildman–Crippen MR) is 96.9 cm³/mol. The molecule has 2 aromatic heterocycles. The minimum atomic E-state index is -1.19. The molecule has 142 valence electrons. The summed E-state index contributed by atoms with van der Waals surface area (Å²) in [6.45, 7) is 0.259. The van der Waals surface area contributed by atoms with E-state index < -0.39 is 24.5 Å². The minimum Gasteiger partial charge on any atom is -0.394 e. The van der Waals surface area contributed by atoms with E-state index in [4.69, 9.17) is 4.74 Å². The third-order valence-corrected chi connectivity index (χ3v) is 4.75. The van der Waals surface area contributed by atoms with Gasteiger partial charge in [-0.25, -0.2) is 15.0 Å². The first-order chi connectivity index (χ1) is 13.1. The Hall–Kier alpha value is -2.59. The molecule has 3 aromatic rings. The number of hydrogen-bond donors (Lipinski definition) is 3. The van der Waals surface area contributed by atoms with Crippen LogP contribution in [0.3, 0.4) is 0 Å². The molecule has 1 aromatic carbocycles. The van der Waals surface area contributed by atoms with Crippen LogP contribution >= 0.6 is 0 Å². The molecule has 9 nitrogen and oxygen atoms in total. The molecule has 3 heterocycles. The van der Waals surface area contributed by atoms with Gasteiger partial charge in [-0.15, -0.1) is 0 Å². The highest BCUT2D eigenvalue weighted by atomic mass is 16.6. The molecule has 0 aliphatic carbocycles. The number of aliphatic hydroxyl groups is 3. The molecule has 0 radical (unpaired) electrons. The predicted octanol–water partition coefficient (Wildman–Crippen LogP) is 0.0742. The number of anilines is 1. The van der Waals surface area contributed by atoms with E-state index in [2.05, 4.69) is 15.0 Å². The maximum Gasteiger partial charge on any atom is 0.167 e. The first-order valence-corrected chi connectivity index (χ1v) is 8.65. The standard InChI is InChI=1S/C18H21N5O4/c1-22(7-11-5-3-2-4-6-11)16-13-17(20-9-19-16)23(10-21-13)18-15(26)14(25)12(8-24)27-18/h2-6,9-10,12,14-15,18,24-26H,7-8H2,1H3/t12-,14?,15?,18-/m1/s1. The second kappa shape index (κ2) is 7.20. The molecular formula is C18H21N5O4. The van der Waals surface area contributed by atoms with Crippen molar-refractivity contribution in [1.82, 2.24) is 19.5 Å². The van der Waals surface area contributed by atoms with Crippen molar-refractivity contribution in [2.45, 2.75) is 31.1 Å². The van der Waals surface area contributed by atoms with Crippen LogP contribution in [-0.4, -0.2) is 66.8 Å². The van der Waals surface area contributed by atoms with Gasteiger partial charge in [0, 0.05) is 13.6 Å². The molecule has 9 heteroatoms. The fourth-order valence-electron chi connectivity index (χ4n) is 3.35. The molecule has 1 aliphatic rings. The Balaban J connectivity index is 1.66. The summed E-state index contributed by atoms with van der Waals surface area (Å²) < 4.78 is 7.14. The lowest BCUT2D eigenvalue weighted by molar-refractivity contribution is -0.0511. The molecule has 4 atom stereocenters.